The Morgan fingerprint density at radius 2 is 1.74 bits per heavy atom. The molecule has 2 aromatic rings. The van der Waals surface area contributed by atoms with Gasteiger partial charge in [-0.15, -0.1) is 0 Å². The van der Waals surface area contributed by atoms with Crippen molar-refractivity contribution in [2.45, 2.75) is 18.5 Å². The standard InChI is InChI=1S/C18H20N2O3/c1-12(21)17(14-5-3-2-4-6-14)20-18(23)16(19)11-13-7-9-15(22)10-8-13/h2-10,16-17,21-22H,1,11,19H2,(H,20,23)/t16-,17+/m0/s1. The molecule has 0 bridgehead atoms. The van der Waals surface area contributed by atoms with Crippen LogP contribution in [0.4, 0.5) is 0 Å². The fraction of sp³-hybridized carbons (Fsp3) is 0.167. The summed E-state index contributed by atoms with van der Waals surface area (Å²) in [7, 11) is 0. The molecule has 5 nitrogen and oxygen atoms in total. The highest BCUT2D eigenvalue weighted by Gasteiger charge is 2.21. The van der Waals surface area contributed by atoms with Gasteiger partial charge in [0, 0.05) is 0 Å². The fourth-order valence-electron chi connectivity index (χ4n) is 2.23. The molecule has 2 aromatic carbocycles. The van der Waals surface area contributed by atoms with Gasteiger partial charge in [0.2, 0.25) is 5.91 Å². The molecule has 1 amide bonds. The number of phenolic OH excluding ortho intramolecular Hbond substituents is 1. The van der Waals surface area contributed by atoms with E-state index in [9.17, 15) is 15.0 Å². The molecule has 0 unspecified atom stereocenters. The number of nitrogens with one attached hydrogen (secondary N) is 1. The Balaban J connectivity index is 2.03. The second-order valence-electron chi connectivity index (χ2n) is 5.32. The summed E-state index contributed by atoms with van der Waals surface area (Å²) in [5.74, 6) is -0.379. The van der Waals surface area contributed by atoms with E-state index in [-0.39, 0.29) is 17.4 Å². The van der Waals surface area contributed by atoms with E-state index < -0.39 is 12.1 Å². The lowest BCUT2D eigenvalue weighted by atomic mass is 10.0. The zero-order valence-electron chi connectivity index (χ0n) is 12.6. The minimum atomic E-state index is -0.773. The Labute approximate surface area is 135 Å². The number of phenols is 1. The third-order valence-electron chi connectivity index (χ3n) is 3.48. The van der Waals surface area contributed by atoms with Crippen molar-refractivity contribution in [2.75, 3.05) is 0 Å². The Bertz CT molecular complexity index is 668. The highest BCUT2D eigenvalue weighted by atomic mass is 16.3. The molecule has 0 aliphatic rings. The van der Waals surface area contributed by atoms with Gasteiger partial charge in [0.05, 0.1) is 6.04 Å². The van der Waals surface area contributed by atoms with E-state index in [4.69, 9.17) is 5.73 Å². The summed E-state index contributed by atoms with van der Waals surface area (Å²) in [6, 6.07) is 14.1. The zero-order valence-corrected chi connectivity index (χ0v) is 12.6. The number of rotatable bonds is 6. The lowest BCUT2D eigenvalue weighted by Crippen LogP contribution is -2.43. The summed E-state index contributed by atoms with van der Waals surface area (Å²) in [5.41, 5.74) is 7.49. The first kappa shape index (κ1) is 16.6. The number of aliphatic hydroxyl groups is 1. The summed E-state index contributed by atoms with van der Waals surface area (Å²) in [6.45, 7) is 3.51. The van der Waals surface area contributed by atoms with Crippen LogP contribution < -0.4 is 11.1 Å². The second kappa shape index (κ2) is 7.47. The number of carbonyl (C=O) groups excluding carboxylic acids is 1. The molecule has 0 saturated carbocycles. The normalized spacial score (nSPS) is 13.1. The van der Waals surface area contributed by atoms with Crippen molar-refractivity contribution < 1.29 is 15.0 Å². The molecule has 120 valence electrons. The van der Waals surface area contributed by atoms with Crippen LogP contribution in [0.5, 0.6) is 5.75 Å². The minimum absolute atomic E-state index is 0.151. The predicted molar refractivity (Wildman–Crippen MR) is 88.9 cm³/mol. The van der Waals surface area contributed by atoms with E-state index in [2.05, 4.69) is 11.9 Å². The average Bonchev–Trinajstić information content (AvgIpc) is 2.55. The van der Waals surface area contributed by atoms with E-state index >= 15 is 0 Å². The number of aromatic hydroxyl groups is 1. The molecule has 0 saturated heterocycles. The second-order valence-corrected chi connectivity index (χ2v) is 5.32. The van der Waals surface area contributed by atoms with E-state index in [0.29, 0.717) is 6.42 Å². The summed E-state index contributed by atoms with van der Waals surface area (Å²) in [6.07, 6.45) is 0.325. The number of amides is 1. The fourth-order valence-corrected chi connectivity index (χ4v) is 2.23. The number of hydrogen-bond acceptors (Lipinski definition) is 4. The first-order valence-electron chi connectivity index (χ1n) is 7.24. The van der Waals surface area contributed by atoms with Gasteiger partial charge in [0.1, 0.15) is 17.6 Å². The van der Waals surface area contributed by atoms with Crippen molar-refractivity contribution >= 4 is 5.91 Å². The van der Waals surface area contributed by atoms with Gasteiger partial charge >= 0.3 is 0 Å². The van der Waals surface area contributed by atoms with Crippen LogP contribution >= 0.6 is 0 Å². The molecule has 5 N–H and O–H groups in total. The first-order chi connectivity index (χ1) is 11.0. The molecule has 0 heterocycles. The van der Waals surface area contributed by atoms with Crippen LogP contribution in [0.3, 0.4) is 0 Å². The largest absolute Gasteiger partial charge is 0.510 e. The van der Waals surface area contributed by atoms with Crippen LogP contribution in [-0.4, -0.2) is 22.2 Å². The van der Waals surface area contributed by atoms with Crippen LogP contribution in [0.25, 0.3) is 0 Å². The first-order valence-corrected chi connectivity index (χ1v) is 7.24. The van der Waals surface area contributed by atoms with Crippen LogP contribution in [0.1, 0.15) is 17.2 Å². The van der Waals surface area contributed by atoms with Crippen molar-refractivity contribution in [2.24, 2.45) is 5.73 Å². The number of benzene rings is 2. The lowest BCUT2D eigenvalue weighted by Gasteiger charge is -2.20. The van der Waals surface area contributed by atoms with Gasteiger partial charge in [-0.1, -0.05) is 49.0 Å². The van der Waals surface area contributed by atoms with Crippen molar-refractivity contribution in [1.82, 2.24) is 5.32 Å². The summed E-state index contributed by atoms with van der Waals surface area (Å²) in [4.78, 5) is 12.3. The van der Waals surface area contributed by atoms with Gasteiger partial charge in [-0.2, -0.15) is 0 Å². The van der Waals surface area contributed by atoms with Gasteiger partial charge in [-0.25, -0.2) is 0 Å². The van der Waals surface area contributed by atoms with Crippen LogP contribution in [0.2, 0.25) is 0 Å². The van der Waals surface area contributed by atoms with E-state index in [1.54, 1.807) is 36.4 Å². The average molecular weight is 312 g/mol. The maximum Gasteiger partial charge on any atom is 0.238 e. The van der Waals surface area contributed by atoms with E-state index in [1.807, 2.05) is 18.2 Å². The summed E-state index contributed by atoms with van der Waals surface area (Å²) in [5, 5.41) is 21.7. The molecule has 0 aliphatic carbocycles. The topological polar surface area (TPSA) is 95.6 Å². The molecule has 23 heavy (non-hydrogen) atoms. The van der Waals surface area contributed by atoms with Crippen LogP contribution in [0.15, 0.2) is 66.9 Å². The number of carbonyl (C=O) groups is 1. The molecule has 0 radical (unpaired) electrons. The van der Waals surface area contributed by atoms with E-state index in [1.165, 1.54) is 0 Å². The smallest absolute Gasteiger partial charge is 0.238 e. The summed E-state index contributed by atoms with van der Waals surface area (Å²) < 4.78 is 0. The maximum atomic E-state index is 12.3. The highest BCUT2D eigenvalue weighted by Crippen LogP contribution is 2.18. The lowest BCUT2D eigenvalue weighted by molar-refractivity contribution is -0.123. The molecular formula is C18H20N2O3. The molecule has 2 rings (SSSR count). The number of nitrogens with two attached hydrogens (primary N) is 1. The van der Waals surface area contributed by atoms with Gasteiger partial charge in [0.25, 0.3) is 0 Å². The van der Waals surface area contributed by atoms with Gasteiger partial charge < -0.3 is 21.3 Å². The third-order valence-corrected chi connectivity index (χ3v) is 3.48. The maximum absolute atomic E-state index is 12.3. The molecule has 2 atom stereocenters. The Morgan fingerprint density at radius 1 is 1.13 bits per heavy atom. The van der Waals surface area contributed by atoms with Crippen LogP contribution in [-0.2, 0) is 11.2 Å². The predicted octanol–water partition coefficient (Wildman–Crippen LogP) is 2.19. The van der Waals surface area contributed by atoms with Gasteiger partial charge in [-0.3, -0.25) is 4.79 Å². The van der Waals surface area contributed by atoms with Crippen molar-refractivity contribution in [1.29, 1.82) is 0 Å². The number of hydrogen-bond donors (Lipinski definition) is 4. The van der Waals surface area contributed by atoms with Crippen molar-refractivity contribution in [3.63, 3.8) is 0 Å². The van der Waals surface area contributed by atoms with E-state index in [0.717, 1.165) is 11.1 Å². The highest BCUT2D eigenvalue weighted by molar-refractivity contribution is 5.82. The Morgan fingerprint density at radius 3 is 2.30 bits per heavy atom. The molecule has 0 aromatic heterocycles. The van der Waals surface area contributed by atoms with Crippen molar-refractivity contribution in [3.8, 4) is 5.75 Å². The molecule has 0 spiro atoms. The monoisotopic (exact) mass is 312 g/mol. The number of aliphatic hydroxyl groups excluding tert-OH is 1. The zero-order chi connectivity index (χ0) is 16.8. The third kappa shape index (κ3) is 4.59. The molecule has 0 fully saturated rings. The Kier molecular flexibility index (Phi) is 5.38. The Hall–Kier alpha value is -2.79. The van der Waals surface area contributed by atoms with Gasteiger partial charge in [0.15, 0.2) is 0 Å². The van der Waals surface area contributed by atoms with Crippen LogP contribution in [0, 0.1) is 0 Å². The summed E-state index contributed by atoms with van der Waals surface area (Å²) >= 11 is 0. The molecular weight excluding hydrogens is 292 g/mol. The quantitative estimate of drug-likeness (QED) is 0.615. The van der Waals surface area contributed by atoms with Gasteiger partial charge in [-0.05, 0) is 29.7 Å². The molecule has 0 aliphatic heterocycles. The SMILES string of the molecule is C=C(O)[C@@H](NC(=O)[C@@H](N)Cc1ccc(O)cc1)c1ccccc1. The van der Waals surface area contributed by atoms with Crippen molar-refractivity contribution in [3.05, 3.63) is 78.1 Å². The minimum Gasteiger partial charge on any atom is -0.510 e. The molecule has 5 heteroatoms.